The van der Waals surface area contributed by atoms with E-state index in [2.05, 4.69) is 0 Å². The van der Waals surface area contributed by atoms with Crippen molar-refractivity contribution in [2.75, 3.05) is 13.2 Å². The Morgan fingerprint density at radius 2 is 2.08 bits per heavy atom. The maximum atomic E-state index is 11.7. The summed E-state index contributed by atoms with van der Waals surface area (Å²) >= 11 is 0. The van der Waals surface area contributed by atoms with Crippen LogP contribution in [0.1, 0.15) is 25.5 Å². The number of carbonyl (C=O) groups excluding carboxylic acids is 1. The number of aromatic nitrogens is 2. The SMILES string of the molecule is NCCCCC(=O)OC[C@H]1O[C@@H](n2ccc(=O)[nH]c2=O)[C@H](O)[C@@H]1O. The fraction of sp³-hybridized carbons (Fsp3) is 0.643. The van der Waals surface area contributed by atoms with Gasteiger partial charge in [-0.2, -0.15) is 0 Å². The van der Waals surface area contributed by atoms with Gasteiger partial charge in [0.25, 0.3) is 5.56 Å². The molecule has 0 aromatic carbocycles. The average molecular weight is 343 g/mol. The van der Waals surface area contributed by atoms with E-state index in [0.29, 0.717) is 19.4 Å². The first-order valence-corrected chi connectivity index (χ1v) is 7.63. The monoisotopic (exact) mass is 343 g/mol. The molecule has 1 fully saturated rings. The number of nitrogens with two attached hydrogens (primary N) is 1. The topological polar surface area (TPSA) is 157 Å². The molecular formula is C14H21N3O7. The highest BCUT2D eigenvalue weighted by atomic mass is 16.6. The fourth-order valence-corrected chi connectivity index (χ4v) is 2.39. The Morgan fingerprint density at radius 3 is 2.75 bits per heavy atom. The number of aliphatic hydroxyl groups excluding tert-OH is 2. The number of aliphatic hydroxyl groups is 2. The van der Waals surface area contributed by atoms with Crippen LogP contribution in [0.5, 0.6) is 0 Å². The number of nitrogens with one attached hydrogen (secondary N) is 1. The van der Waals surface area contributed by atoms with Gasteiger partial charge in [-0.05, 0) is 19.4 Å². The molecule has 1 saturated heterocycles. The number of rotatable bonds is 7. The zero-order valence-electron chi connectivity index (χ0n) is 13.0. The highest BCUT2D eigenvalue weighted by Crippen LogP contribution is 2.28. The summed E-state index contributed by atoms with van der Waals surface area (Å²) < 4.78 is 11.4. The van der Waals surface area contributed by atoms with E-state index in [-0.39, 0.29) is 13.0 Å². The van der Waals surface area contributed by atoms with Gasteiger partial charge in [0.2, 0.25) is 0 Å². The predicted octanol–water partition coefficient (Wildman–Crippen LogP) is -2.17. The molecule has 0 saturated carbocycles. The van der Waals surface area contributed by atoms with Crippen LogP contribution in [0.25, 0.3) is 0 Å². The number of ether oxygens (including phenoxy) is 2. The molecule has 1 aromatic heterocycles. The lowest BCUT2D eigenvalue weighted by Gasteiger charge is -2.16. The fourth-order valence-electron chi connectivity index (χ4n) is 2.39. The molecule has 5 N–H and O–H groups in total. The van der Waals surface area contributed by atoms with Crippen molar-refractivity contribution in [3.63, 3.8) is 0 Å². The van der Waals surface area contributed by atoms with Crippen LogP contribution in [0.4, 0.5) is 0 Å². The molecule has 0 unspecified atom stereocenters. The first kappa shape index (κ1) is 18.3. The molecule has 24 heavy (non-hydrogen) atoms. The van der Waals surface area contributed by atoms with E-state index in [0.717, 1.165) is 16.8 Å². The van der Waals surface area contributed by atoms with Crippen LogP contribution in [-0.2, 0) is 14.3 Å². The summed E-state index contributed by atoms with van der Waals surface area (Å²) in [6.45, 7) is 0.230. The van der Waals surface area contributed by atoms with Gasteiger partial charge in [-0.15, -0.1) is 0 Å². The average Bonchev–Trinajstić information content (AvgIpc) is 2.81. The lowest BCUT2D eigenvalue weighted by molar-refractivity contribution is -0.150. The minimum atomic E-state index is -1.41. The molecule has 10 heteroatoms. The molecule has 0 radical (unpaired) electrons. The van der Waals surface area contributed by atoms with Crippen molar-refractivity contribution < 1.29 is 24.5 Å². The molecule has 0 amide bonds. The molecular weight excluding hydrogens is 322 g/mol. The number of carbonyl (C=O) groups is 1. The number of aromatic amines is 1. The van der Waals surface area contributed by atoms with E-state index in [1.807, 2.05) is 4.98 Å². The Balaban J connectivity index is 1.96. The van der Waals surface area contributed by atoms with E-state index in [9.17, 15) is 24.6 Å². The van der Waals surface area contributed by atoms with Crippen molar-refractivity contribution in [3.8, 4) is 0 Å². The summed E-state index contributed by atoms with van der Waals surface area (Å²) in [5.74, 6) is -0.460. The highest BCUT2D eigenvalue weighted by Gasteiger charge is 2.44. The third kappa shape index (κ3) is 4.29. The molecule has 0 spiro atoms. The van der Waals surface area contributed by atoms with Crippen LogP contribution < -0.4 is 17.0 Å². The van der Waals surface area contributed by atoms with Crippen LogP contribution in [0.3, 0.4) is 0 Å². The number of nitrogens with zero attached hydrogens (tertiary/aromatic N) is 1. The van der Waals surface area contributed by atoms with Gasteiger partial charge in [0.05, 0.1) is 0 Å². The second kappa shape index (κ2) is 8.20. The Hall–Kier alpha value is -2.01. The summed E-state index contributed by atoms with van der Waals surface area (Å²) in [7, 11) is 0. The van der Waals surface area contributed by atoms with Crippen molar-refractivity contribution in [2.24, 2.45) is 5.73 Å². The minimum absolute atomic E-state index is 0.200. The lowest BCUT2D eigenvalue weighted by Crippen LogP contribution is -2.37. The normalized spacial score (nSPS) is 26.5. The molecule has 2 heterocycles. The Bertz CT molecular complexity index is 671. The number of esters is 1. The number of H-pyrrole nitrogens is 1. The van der Waals surface area contributed by atoms with Crippen molar-refractivity contribution in [1.82, 2.24) is 9.55 Å². The van der Waals surface area contributed by atoms with Gasteiger partial charge < -0.3 is 25.4 Å². The molecule has 1 aromatic rings. The molecule has 1 aliphatic rings. The first-order valence-electron chi connectivity index (χ1n) is 7.63. The van der Waals surface area contributed by atoms with Gasteiger partial charge in [0, 0.05) is 18.7 Å². The van der Waals surface area contributed by atoms with Gasteiger partial charge in [0.15, 0.2) is 6.23 Å². The smallest absolute Gasteiger partial charge is 0.330 e. The van der Waals surface area contributed by atoms with Crippen molar-refractivity contribution in [1.29, 1.82) is 0 Å². The maximum absolute atomic E-state index is 11.7. The standard InChI is InChI=1S/C14H21N3O7/c15-5-2-1-3-10(19)23-7-8-11(20)12(21)13(24-8)17-6-4-9(18)16-14(17)22/h4,6,8,11-13,20-21H,1-3,5,7,15H2,(H,16,18,22)/t8-,11-,12-,13-/m1/s1. The van der Waals surface area contributed by atoms with Gasteiger partial charge in [-0.25, -0.2) is 4.79 Å². The Labute approximate surface area is 136 Å². The van der Waals surface area contributed by atoms with Crippen molar-refractivity contribution >= 4 is 5.97 Å². The van der Waals surface area contributed by atoms with Gasteiger partial charge in [-0.3, -0.25) is 19.1 Å². The van der Waals surface area contributed by atoms with E-state index >= 15 is 0 Å². The molecule has 0 aliphatic carbocycles. The van der Waals surface area contributed by atoms with Crippen molar-refractivity contribution in [2.45, 2.75) is 43.8 Å². The lowest BCUT2D eigenvalue weighted by atomic mass is 10.1. The number of unbranched alkanes of at least 4 members (excludes halogenated alkanes) is 1. The molecule has 10 nitrogen and oxygen atoms in total. The van der Waals surface area contributed by atoms with Crippen LogP contribution in [0.15, 0.2) is 21.9 Å². The maximum Gasteiger partial charge on any atom is 0.330 e. The summed E-state index contributed by atoms with van der Waals surface area (Å²) in [6, 6.07) is 1.09. The first-order chi connectivity index (χ1) is 11.4. The predicted molar refractivity (Wildman–Crippen MR) is 81.1 cm³/mol. The number of hydrogen-bond acceptors (Lipinski definition) is 8. The summed E-state index contributed by atoms with van der Waals surface area (Å²) in [5, 5.41) is 20.0. The van der Waals surface area contributed by atoms with E-state index in [4.69, 9.17) is 15.2 Å². The second-order valence-corrected chi connectivity index (χ2v) is 5.49. The molecule has 1 aliphatic heterocycles. The van der Waals surface area contributed by atoms with Crippen LogP contribution in [-0.4, -0.2) is 57.2 Å². The largest absolute Gasteiger partial charge is 0.463 e. The minimum Gasteiger partial charge on any atom is -0.463 e. The van der Waals surface area contributed by atoms with Gasteiger partial charge in [-0.1, -0.05) is 0 Å². The quantitative estimate of drug-likeness (QED) is 0.322. The third-order valence-electron chi connectivity index (χ3n) is 3.71. The van der Waals surface area contributed by atoms with Gasteiger partial charge in [0.1, 0.15) is 24.9 Å². The zero-order chi connectivity index (χ0) is 17.7. The number of hydrogen-bond donors (Lipinski definition) is 4. The summed E-state index contributed by atoms with van der Waals surface area (Å²) in [4.78, 5) is 36.4. The Morgan fingerprint density at radius 1 is 1.33 bits per heavy atom. The highest BCUT2D eigenvalue weighted by molar-refractivity contribution is 5.69. The molecule has 2 rings (SSSR count). The van der Waals surface area contributed by atoms with Crippen LogP contribution in [0.2, 0.25) is 0 Å². The van der Waals surface area contributed by atoms with Crippen LogP contribution >= 0.6 is 0 Å². The second-order valence-electron chi connectivity index (χ2n) is 5.49. The van der Waals surface area contributed by atoms with E-state index in [1.165, 1.54) is 0 Å². The molecule has 4 atom stereocenters. The molecule has 134 valence electrons. The van der Waals surface area contributed by atoms with Gasteiger partial charge >= 0.3 is 11.7 Å². The zero-order valence-corrected chi connectivity index (χ0v) is 13.0. The van der Waals surface area contributed by atoms with Crippen LogP contribution in [0, 0.1) is 0 Å². The van der Waals surface area contributed by atoms with E-state index < -0.39 is 41.8 Å². The van der Waals surface area contributed by atoms with Crippen molar-refractivity contribution in [3.05, 3.63) is 33.1 Å². The molecule has 0 bridgehead atoms. The summed E-state index contributed by atoms with van der Waals surface area (Å²) in [6.07, 6.45) is -2.27. The Kier molecular flexibility index (Phi) is 6.26. The third-order valence-corrected chi connectivity index (χ3v) is 3.71. The van der Waals surface area contributed by atoms with E-state index in [1.54, 1.807) is 0 Å². The summed E-state index contributed by atoms with van der Waals surface area (Å²) in [5.41, 5.74) is 3.96.